The van der Waals surface area contributed by atoms with E-state index in [0.29, 0.717) is 18.6 Å². The highest BCUT2D eigenvalue weighted by Crippen LogP contribution is 2.39. The number of hydrogen-bond acceptors (Lipinski definition) is 4. The molecular formula is C19H19NO4S. The molecule has 2 atom stereocenters. The fourth-order valence-corrected chi connectivity index (χ4v) is 5.08. The summed E-state index contributed by atoms with van der Waals surface area (Å²) < 4.78 is 32.6. The summed E-state index contributed by atoms with van der Waals surface area (Å²) in [6.07, 6.45) is 1.56. The number of hydrogen-bond donors (Lipinski definition) is 1. The van der Waals surface area contributed by atoms with E-state index in [2.05, 4.69) is 0 Å². The van der Waals surface area contributed by atoms with Gasteiger partial charge < -0.3 is 9.84 Å². The van der Waals surface area contributed by atoms with Crippen molar-refractivity contribution in [1.29, 1.82) is 0 Å². The molecule has 25 heavy (non-hydrogen) atoms. The van der Waals surface area contributed by atoms with E-state index in [-0.39, 0.29) is 4.90 Å². The van der Waals surface area contributed by atoms with Gasteiger partial charge in [-0.2, -0.15) is 4.31 Å². The van der Waals surface area contributed by atoms with Crippen LogP contribution in [-0.4, -0.2) is 37.5 Å². The standard InChI is InChI=1S/C19H19NO4S/c1-20-16(11-13-10-14-6-2-4-8-17(14)24-12-13)19(21)15-7-3-5-9-18(15)25(20,22)23/h2-10,16,19,21H,11-12H2,1H3/t16-,19+/m1/s1. The summed E-state index contributed by atoms with van der Waals surface area (Å²) in [4.78, 5) is 0.181. The lowest BCUT2D eigenvalue weighted by atomic mass is 9.94. The summed E-state index contributed by atoms with van der Waals surface area (Å²) in [5.41, 5.74) is 2.40. The van der Waals surface area contributed by atoms with Gasteiger partial charge >= 0.3 is 0 Å². The molecule has 2 aliphatic heterocycles. The summed E-state index contributed by atoms with van der Waals surface area (Å²) in [6.45, 7) is 0.399. The molecule has 0 radical (unpaired) electrons. The second kappa shape index (κ2) is 5.98. The number of aliphatic hydroxyl groups is 1. The van der Waals surface area contributed by atoms with Crippen LogP contribution in [0.15, 0.2) is 59.0 Å². The van der Waals surface area contributed by atoms with Crippen LogP contribution in [0.2, 0.25) is 0 Å². The van der Waals surface area contributed by atoms with E-state index < -0.39 is 22.2 Å². The van der Waals surface area contributed by atoms with Crippen molar-refractivity contribution in [2.45, 2.75) is 23.5 Å². The predicted molar refractivity (Wildman–Crippen MR) is 94.7 cm³/mol. The van der Waals surface area contributed by atoms with Crippen LogP contribution in [0, 0.1) is 0 Å². The second-order valence-electron chi connectivity index (χ2n) is 6.40. The SMILES string of the molecule is CN1[C@H](CC2=Cc3ccccc3OC2)[C@@H](O)c2ccccc2S1(=O)=O. The number of benzene rings is 2. The number of aliphatic hydroxyl groups excluding tert-OH is 1. The average molecular weight is 357 g/mol. The molecule has 6 heteroatoms. The van der Waals surface area contributed by atoms with Gasteiger partial charge in [0.05, 0.1) is 17.0 Å². The van der Waals surface area contributed by atoms with Gasteiger partial charge in [0.2, 0.25) is 10.0 Å². The quantitative estimate of drug-likeness (QED) is 0.897. The number of para-hydroxylation sites is 1. The summed E-state index contributed by atoms with van der Waals surface area (Å²) >= 11 is 0. The molecule has 0 aliphatic carbocycles. The third-order valence-corrected chi connectivity index (χ3v) is 6.85. The predicted octanol–water partition coefficient (Wildman–Crippen LogP) is 2.59. The molecule has 0 fully saturated rings. The number of likely N-dealkylation sites (N-methyl/N-ethyl adjacent to an activating group) is 1. The van der Waals surface area contributed by atoms with Gasteiger partial charge in [0.1, 0.15) is 12.4 Å². The highest BCUT2D eigenvalue weighted by Gasteiger charge is 2.41. The van der Waals surface area contributed by atoms with Gasteiger partial charge in [-0.15, -0.1) is 0 Å². The van der Waals surface area contributed by atoms with Gasteiger partial charge in [-0.05, 0) is 30.2 Å². The molecule has 2 aliphatic rings. The Labute approximate surface area is 147 Å². The summed E-state index contributed by atoms with van der Waals surface area (Å²) in [5.74, 6) is 0.821. The lowest BCUT2D eigenvalue weighted by molar-refractivity contribution is 0.0879. The Bertz CT molecular complexity index is 951. The van der Waals surface area contributed by atoms with Gasteiger partial charge in [0, 0.05) is 18.2 Å². The van der Waals surface area contributed by atoms with E-state index >= 15 is 0 Å². The third kappa shape index (κ3) is 2.66. The summed E-state index contributed by atoms with van der Waals surface area (Å²) in [5, 5.41) is 10.8. The van der Waals surface area contributed by atoms with Crippen LogP contribution in [0.3, 0.4) is 0 Å². The van der Waals surface area contributed by atoms with Crippen molar-refractivity contribution in [3.8, 4) is 5.75 Å². The van der Waals surface area contributed by atoms with E-state index in [1.54, 1.807) is 24.3 Å². The first-order valence-electron chi connectivity index (χ1n) is 8.15. The maximum atomic E-state index is 12.8. The van der Waals surface area contributed by atoms with Crippen LogP contribution in [0.1, 0.15) is 23.7 Å². The van der Waals surface area contributed by atoms with Gasteiger partial charge in [-0.3, -0.25) is 0 Å². The monoisotopic (exact) mass is 357 g/mol. The van der Waals surface area contributed by atoms with Gasteiger partial charge in [0.25, 0.3) is 0 Å². The van der Waals surface area contributed by atoms with Crippen molar-refractivity contribution in [3.63, 3.8) is 0 Å². The number of rotatable bonds is 2. The fourth-order valence-electron chi connectivity index (χ4n) is 3.49. The van der Waals surface area contributed by atoms with Crippen LogP contribution < -0.4 is 4.74 Å². The maximum absolute atomic E-state index is 12.8. The molecule has 130 valence electrons. The molecule has 2 aromatic carbocycles. The normalized spacial score (nSPS) is 24.6. The molecule has 1 N–H and O–H groups in total. The Balaban J connectivity index is 1.69. The molecule has 0 saturated heterocycles. The Morgan fingerprint density at radius 1 is 1.16 bits per heavy atom. The number of nitrogens with zero attached hydrogens (tertiary/aromatic N) is 1. The first kappa shape index (κ1) is 16.3. The van der Waals surface area contributed by atoms with E-state index in [1.807, 2.05) is 30.3 Å². The lowest BCUT2D eigenvalue weighted by Crippen LogP contribution is -2.45. The summed E-state index contributed by atoms with van der Waals surface area (Å²) in [7, 11) is -2.08. The highest BCUT2D eigenvalue weighted by atomic mass is 32.2. The largest absolute Gasteiger partial charge is 0.489 e. The Morgan fingerprint density at radius 2 is 1.88 bits per heavy atom. The number of ether oxygens (including phenoxy) is 1. The summed E-state index contributed by atoms with van der Waals surface area (Å²) in [6, 6.07) is 13.8. The zero-order valence-electron chi connectivity index (χ0n) is 13.8. The zero-order valence-corrected chi connectivity index (χ0v) is 14.6. The molecule has 0 bridgehead atoms. The van der Waals surface area contributed by atoms with Crippen LogP contribution in [0.4, 0.5) is 0 Å². The molecule has 0 amide bonds. The minimum atomic E-state index is -3.61. The Hall–Kier alpha value is -2.15. The smallest absolute Gasteiger partial charge is 0.243 e. The van der Waals surface area contributed by atoms with Crippen LogP contribution >= 0.6 is 0 Å². The van der Waals surface area contributed by atoms with Crippen molar-refractivity contribution in [1.82, 2.24) is 4.31 Å². The molecular weight excluding hydrogens is 338 g/mol. The van der Waals surface area contributed by atoms with Crippen molar-refractivity contribution in [3.05, 3.63) is 65.2 Å². The minimum Gasteiger partial charge on any atom is -0.489 e. The third-order valence-electron chi connectivity index (χ3n) is 4.89. The molecule has 0 unspecified atom stereocenters. The second-order valence-corrected chi connectivity index (χ2v) is 8.37. The average Bonchev–Trinajstić information content (AvgIpc) is 2.64. The number of fused-ring (bicyclic) bond motifs is 2. The zero-order chi connectivity index (χ0) is 17.6. The van der Waals surface area contributed by atoms with Crippen molar-refractivity contribution in [2.24, 2.45) is 0 Å². The highest BCUT2D eigenvalue weighted by molar-refractivity contribution is 7.89. The number of sulfonamides is 1. The van der Waals surface area contributed by atoms with E-state index in [0.717, 1.165) is 16.9 Å². The molecule has 2 heterocycles. The first-order chi connectivity index (χ1) is 12.0. The molecule has 4 rings (SSSR count). The van der Waals surface area contributed by atoms with Crippen molar-refractivity contribution < 1.29 is 18.3 Å². The molecule has 5 nitrogen and oxygen atoms in total. The first-order valence-corrected chi connectivity index (χ1v) is 9.59. The van der Waals surface area contributed by atoms with Crippen molar-refractivity contribution >= 4 is 16.1 Å². The van der Waals surface area contributed by atoms with Gasteiger partial charge in [0.15, 0.2) is 0 Å². The van der Waals surface area contributed by atoms with E-state index in [1.165, 1.54) is 11.4 Å². The molecule has 0 saturated carbocycles. The maximum Gasteiger partial charge on any atom is 0.243 e. The topological polar surface area (TPSA) is 66.8 Å². The van der Waals surface area contributed by atoms with Crippen LogP contribution in [0.25, 0.3) is 6.08 Å². The molecule has 0 aromatic heterocycles. The lowest BCUT2D eigenvalue weighted by Gasteiger charge is -2.37. The Morgan fingerprint density at radius 3 is 2.72 bits per heavy atom. The van der Waals surface area contributed by atoms with E-state index in [9.17, 15) is 13.5 Å². The molecule has 2 aromatic rings. The fraction of sp³-hybridized carbons (Fsp3) is 0.263. The minimum absolute atomic E-state index is 0.181. The van der Waals surface area contributed by atoms with Crippen molar-refractivity contribution in [2.75, 3.05) is 13.7 Å². The van der Waals surface area contributed by atoms with Gasteiger partial charge in [-0.1, -0.05) is 36.4 Å². The Kier molecular flexibility index (Phi) is 3.91. The van der Waals surface area contributed by atoms with Crippen LogP contribution in [-0.2, 0) is 10.0 Å². The van der Waals surface area contributed by atoms with Crippen LogP contribution in [0.5, 0.6) is 5.75 Å². The van der Waals surface area contributed by atoms with Gasteiger partial charge in [-0.25, -0.2) is 8.42 Å². The van der Waals surface area contributed by atoms with E-state index in [4.69, 9.17) is 4.74 Å². The molecule has 0 spiro atoms.